The molecule has 0 fully saturated rings. The molecule has 6 heteroatoms. The molecular weight excluding hydrogens is 287 g/mol. The van der Waals surface area contributed by atoms with Gasteiger partial charge in [-0.15, -0.1) is 0 Å². The zero-order valence-corrected chi connectivity index (χ0v) is 13.8. The molecule has 0 saturated carbocycles. The topological polar surface area (TPSA) is 77.4 Å². The Hall–Kier alpha value is -0.690. The van der Waals surface area contributed by atoms with Crippen LogP contribution in [0.3, 0.4) is 0 Å². The number of aliphatic hydroxyl groups is 1. The van der Waals surface area contributed by atoms with Gasteiger partial charge in [0.05, 0.1) is 0 Å². The van der Waals surface area contributed by atoms with Crippen LogP contribution in [0.1, 0.15) is 17.0 Å². The fraction of sp³-hybridized carbons (Fsp3) is 0.143. The Morgan fingerprint density at radius 2 is 1.20 bits per heavy atom. The fourth-order valence-corrected chi connectivity index (χ4v) is 2.66. The summed E-state index contributed by atoms with van der Waals surface area (Å²) in [5.41, 5.74) is -0.835. The van der Waals surface area contributed by atoms with E-state index in [1.54, 1.807) is 60.7 Å². The molecule has 0 saturated heterocycles. The van der Waals surface area contributed by atoms with Crippen LogP contribution >= 0.6 is 0 Å². The first-order chi connectivity index (χ1) is 9.00. The predicted octanol–water partition coefficient (Wildman–Crippen LogP) is -1.31. The van der Waals surface area contributed by atoms with Crippen LogP contribution in [0.4, 0.5) is 0 Å². The summed E-state index contributed by atoms with van der Waals surface area (Å²) in [6.45, 7) is 0. The zero-order chi connectivity index (χ0) is 13.9. The van der Waals surface area contributed by atoms with Crippen molar-refractivity contribution in [2.45, 2.75) is 11.4 Å². The van der Waals surface area contributed by atoms with Crippen molar-refractivity contribution in [2.75, 3.05) is 0 Å². The van der Waals surface area contributed by atoms with Gasteiger partial charge in [-0.2, -0.15) is 0 Å². The molecule has 20 heavy (non-hydrogen) atoms. The molecule has 0 bridgehead atoms. The van der Waals surface area contributed by atoms with Crippen LogP contribution in [0.2, 0.25) is 0 Å². The molecule has 1 N–H and O–H groups in total. The quantitative estimate of drug-likeness (QED) is 0.561. The van der Waals surface area contributed by atoms with E-state index in [0.717, 1.165) is 0 Å². The number of hydrogen-bond acceptors (Lipinski definition) is 4. The third-order valence-corrected chi connectivity index (χ3v) is 3.76. The Bertz CT molecular complexity index is 589. The zero-order valence-electron chi connectivity index (χ0n) is 11.0. The number of hydrogen-bond donors (Lipinski definition) is 1. The first-order valence-electron chi connectivity index (χ1n) is 5.73. The number of aliphatic hydroxyl groups excluding tert-OH is 1. The number of rotatable bonds is 4. The van der Waals surface area contributed by atoms with Crippen molar-refractivity contribution in [3.8, 4) is 0 Å². The summed E-state index contributed by atoms with van der Waals surface area (Å²) in [4.78, 5) is 0. The minimum absolute atomic E-state index is 0. The predicted molar refractivity (Wildman–Crippen MR) is 70.4 cm³/mol. The first kappa shape index (κ1) is 17.4. The van der Waals surface area contributed by atoms with Crippen molar-refractivity contribution < 1.29 is 47.6 Å². The minimum Gasteiger partial charge on any atom is -0.746 e. The van der Waals surface area contributed by atoms with Gasteiger partial charge in [0.25, 0.3) is 0 Å². The molecule has 2 rings (SSSR count). The van der Waals surface area contributed by atoms with Gasteiger partial charge in [0.15, 0.2) is 5.44 Å². The summed E-state index contributed by atoms with van der Waals surface area (Å²) in [6, 6.07) is 17.2. The van der Waals surface area contributed by atoms with Gasteiger partial charge >= 0.3 is 29.6 Å². The van der Waals surface area contributed by atoms with Crippen LogP contribution in [0, 0.1) is 0 Å². The van der Waals surface area contributed by atoms with Crippen LogP contribution < -0.4 is 29.6 Å². The summed E-state index contributed by atoms with van der Waals surface area (Å²) >= 11 is 0. The average Bonchev–Trinajstić information content (AvgIpc) is 2.40. The van der Waals surface area contributed by atoms with Crippen LogP contribution in [-0.2, 0) is 10.1 Å². The van der Waals surface area contributed by atoms with Gasteiger partial charge in [-0.05, 0) is 11.1 Å². The third kappa shape index (κ3) is 4.15. The molecule has 0 aliphatic carbocycles. The number of benzene rings is 2. The normalized spacial score (nSPS) is 12.8. The molecule has 0 amide bonds. The van der Waals surface area contributed by atoms with Crippen molar-refractivity contribution in [3.63, 3.8) is 0 Å². The second-order valence-electron chi connectivity index (χ2n) is 4.18. The second kappa shape index (κ2) is 7.36. The van der Waals surface area contributed by atoms with Crippen LogP contribution in [0.25, 0.3) is 0 Å². The van der Waals surface area contributed by atoms with Gasteiger partial charge in [0.1, 0.15) is 10.1 Å². The molecule has 0 aromatic heterocycles. The van der Waals surface area contributed by atoms with Crippen molar-refractivity contribution in [1.82, 2.24) is 0 Å². The molecule has 1 atom stereocenters. The van der Waals surface area contributed by atoms with E-state index in [1.807, 2.05) is 0 Å². The van der Waals surface area contributed by atoms with E-state index < -0.39 is 21.5 Å². The molecular formula is C14H13NaO4S. The maximum absolute atomic E-state index is 11.1. The maximum Gasteiger partial charge on any atom is 1.00 e. The molecule has 100 valence electrons. The summed E-state index contributed by atoms with van der Waals surface area (Å²) in [7, 11) is -4.79. The van der Waals surface area contributed by atoms with Crippen LogP contribution in [0.15, 0.2) is 60.7 Å². The minimum atomic E-state index is -4.79. The van der Waals surface area contributed by atoms with E-state index in [2.05, 4.69) is 0 Å². The summed E-state index contributed by atoms with van der Waals surface area (Å²) in [5, 5.41) is 9.85. The molecule has 0 spiro atoms. The Morgan fingerprint density at radius 1 is 0.850 bits per heavy atom. The van der Waals surface area contributed by atoms with Crippen molar-refractivity contribution in [2.24, 2.45) is 0 Å². The summed E-state index contributed by atoms with van der Waals surface area (Å²) in [5.74, 6) is -0.884. The smallest absolute Gasteiger partial charge is 0.746 e. The SMILES string of the molecule is O=S(=O)([O-])C(O)C(c1ccccc1)c1ccccc1.[Na+]. The van der Waals surface area contributed by atoms with Gasteiger partial charge in [0.2, 0.25) is 0 Å². The van der Waals surface area contributed by atoms with Gasteiger partial charge in [-0.1, -0.05) is 60.7 Å². The van der Waals surface area contributed by atoms with E-state index in [9.17, 15) is 18.1 Å². The van der Waals surface area contributed by atoms with E-state index in [1.165, 1.54) is 0 Å². The van der Waals surface area contributed by atoms with E-state index in [-0.39, 0.29) is 29.6 Å². The molecule has 0 heterocycles. The third-order valence-electron chi connectivity index (χ3n) is 2.90. The van der Waals surface area contributed by atoms with Gasteiger partial charge in [0, 0.05) is 5.92 Å². The van der Waals surface area contributed by atoms with Crippen molar-refractivity contribution in [3.05, 3.63) is 71.8 Å². The summed E-state index contributed by atoms with van der Waals surface area (Å²) < 4.78 is 33.3. The molecule has 0 aliphatic heterocycles. The van der Waals surface area contributed by atoms with Gasteiger partial charge in [-0.25, -0.2) is 8.42 Å². The van der Waals surface area contributed by atoms with E-state index >= 15 is 0 Å². The Kier molecular flexibility index (Phi) is 6.39. The standard InChI is InChI=1S/C14H14O4S.Na/c15-14(19(16,17)18)13(11-7-3-1-4-8-11)12-9-5-2-6-10-12;/h1-10,13-15H,(H,16,17,18);/q;+1/p-1. The molecule has 1 unspecified atom stereocenters. The second-order valence-corrected chi connectivity index (χ2v) is 5.65. The molecule has 0 aliphatic rings. The molecule has 0 radical (unpaired) electrons. The Morgan fingerprint density at radius 3 is 1.50 bits per heavy atom. The van der Waals surface area contributed by atoms with Crippen LogP contribution in [-0.4, -0.2) is 23.5 Å². The van der Waals surface area contributed by atoms with Crippen molar-refractivity contribution in [1.29, 1.82) is 0 Å². The molecule has 2 aromatic carbocycles. The average molecular weight is 300 g/mol. The molecule has 2 aromatic rings. The van der Waals surface area contributed by atoms with Crippen molar-refractivity contribution >= 4 is 10.1 Å². The summed E-state index contributed by atoms with van der Waals surface area (Å²) in [6.07, 6.45) is 0. The monoisotopic (exact) mass is 300 g/mol. The Balaban J connectivity index is 0.00000200. The van der Waals surface area contributed by atoms with Gasteiger partial charge < -0.3 is 9.66 Å². The fourth-order valence-electron chi connectivity index (χ4n) is 2.01. The van der Waals surface area contributed by atoms with E-state index in [4.69, 9.17) is 0 Å². The van der Waals surface area contributed by atoms with Gasteiger partial charge in [-0.3, -0.25) is 0 Å². The van der Waals surface area contributed by atoms with E-state index in [0.29, 0.717) is 11.1 Å². The maximum atomic E-state index is 11.1. The Labute approximate surface area is 140 Å². The van der Waals surface area contributed by atoms with Crippen LogP contribution in [0.5, 0.6) is 0 Å². The largest absolute Gasteiger partial charge is 1.00 e. The first-order valence-corrected chi connectivity index (χ1v) is 7.20. The molecule has 4 nitrogen and oxygen atoms in total.